The van der Waals surface area contributed by atoms with E-state index < -0.39 is 34.4 Å². The summed E-state index contributed by atoms with van der Waals surface area (Å²) in [6.45, 7) is 0.895. The fraction of sp³-hybridized carbons (Fsp3) is 0.211. The molecule has 0 atom stereocenters. The maximum Gasteiger partial charge on any atom is 0.338 e. The molecular weight excluding hydrogens is 398 g/mol. The summed E-state index contributed by atoms with van der Waals surface area (Å²) < 4.78 is 32.3. The highest BCUT2D eigenvalue weighted by Gasteiger charge is 2.31. The molecule has 0 radical (unpaired) electrons. The van der Waals surface area contributed by atoms with Gasteiger partial charge in [0.1, 0.15) is 0 Å². The van der Waals surface area contributed by atoms with Gasteiger partial charge in [-0.1, -0.05) is 24.3 Å². The Morgan fingerprint density at radius 1 is 1.07 bits per heavy atom. The molecule has 2 aromatic carbocycles. The number of benzene rings is 2. The number of ether oxygens (including phenoxy) is 1. The molecule has 0 fully saturated rings. The van der Waals surface area contributed by atoms with E-state index in [2.05, 4.69) is 10.9 Å². The Bertz CT molecular complexity index is 1070. The minimum atomic E-state index is -3.86. The quantitative estimate of drug-likeness (QED) is 0.547. The van der Waals surface area contributed by atoms with Crippen molar-refractivity contribution in [2.45, 2.75) is 18.2 Å². The number of carbonyl (C=O) groups is 3. The van der Waals surface area contributed by atoms with E-state index in [1.807, 2.05) is 12.1 Å². The molecule has 0 bridgehead atoms. The third-order valence-corrected chi connectivity index (χ3v) is 6.02. The van der Waals surface area contributed by atoms with Crippen LogP contribution >= 0.6 is 0 Å². The number of amides is 2. The Morgan fingerprint density at radius 3 is 2.59 bits per heavy atom. The second-order valence-electron chi connectivity index (χ2n) is 6.29. The number of carbonyl (C=O) groups excluding carboxylic acids is 3. The number of rotatable bonds is 5. The molecule has 3 rings (SSSR count). The molecule has 0 spiro atoms. The minimum Gasteiger partial charge on any atom is -0.452 e. The number of anilines is 1. The molecule has 29 heavy (non-hydrogen) atoms. The predicted octanol–water partition coefficient (Wildman–Crippen LogP) is 0.762. The molecule has 2 N–H and O–H groups in total. The molecule has 1 aliphatic heterocycles. The first-order valence-electron chi connectivity index (χ1n) is 8.72. The van der Waals surface area contributed by atoms with Gasteiger partial charge in [0.2, 0.25) is 5.91 Å². The summed E-state index contributed by atoms with van der Waals surface area (Å²) >= 11 is 0. The topological polar surface area (TPSA) is 122 Å². The monoisotopic (exact) mass is 417 g/mol. The van der Waals surface area contributed by atoms with Gasteiger partial charge in [0.25, 0.3) is 15.9 Å². The lowest BCUT2D eigenvalue weighted by molar-refractivity contribution is -0.129. The molecular formula is C19H19N3O6S. The lowest BCUT2D eigenvalue weighted by Gasteiger charge is -2.19. The first-order chi connectivity index (χ1) is 13.8. The molecule has 152 valence electrons. The van der Waals surface area contributed by atoms with Crippen LogP contribution in [0.1, 0.15) is 22.8 Å². The van der Waals surface area contributed by atoms with Crippen LogP contribution in [-0.2, 0) is 30.8 Å². The van der Waals surface area contributed by atoms with Gasteiger partial charge in [0, 0.05) is 13.5 Å². The molecule has 10 heteroatoms. The highest BCUT2D eigenvalue weighted by Crippen LogP contribution is 2.32. The molecule has 2 amide bonds. The number of hydrogen-bond acceptors (Lipinski definition) is 6. The van der Waals surface area contributed by atoms with Gasteiger partial charge in [-0.3, -0.25) is 24.7 Å². The standard InChI is InChI=1S/C19H19N3O6S/c1-13(23)20-21-18(24)12-28-19(25)15-6-4-7-16(11-15)29(26,27)22-10-9-14-5-2-3-8-17(14)22/h2-8,11H,9-10,12H2,1H3,(H,20,23)(H,21,24). The largest absolute Gasteiger partial charge is 0.452 e. The maximum atomic E-state index is 13.1. The van der Waals surface area contributed by atoms with Crippen molar-refractivity contribution in [3.05, 3.63) is 59.7 Å². The van der Waals surface area contributed by atoms with Crippen LogP contribution in [0, 0.1) is 0 Å². The maximum absolute atomic E-state index is 13.1. The van der Waals surface area contributed by atoms with Crippen molar-refractivity contribution in [1.29, 1.82) is 0 Å². The lowest BCUT2D eigenvalue weighted by Crippen LogP contribution is -2.42. The van der Waals surface area contributed by atoms with Crippen molar-refractivity contribution in [1.82, 2.24) is 10.9 Å². The Kier molecular flexibility index (Phi) is 5.83. The Balaban J connectivity index is 1.73. The summed E-state index contributed by atoms with van der Waals surface area (Å²) in [7, 11) is -3.86. The van der Waals surface area contributed by atoms with Crippen LogP contribution in [0.2, 0.25) is 0 Å². The first kappa shape index (κ1) is 20.3. The normalized spacial score (nSPS) is 12.8. The van der Waals surface area contributed by atoms with Gasteiger partial charge in [-0.25, -0.2) is 13.2 Å². The molecule has 0 saturated heterocycles. The number of hydrogen-bond donors (Lipinski definition) is 2. The molecule has 0 aromatic heterocycles. The van der Waals surface area contributed by atoms with Crippen LogP contribution in [0.5, 0.6) is 0 Å². The second kappa shape index (κ2) is 8.31. The van der Waals surface area contributed by atoms with E-state index in [1.165, 1.54) is 35.5 Å². The predicted molar refractivity (Wildman–Crippen MR) is 103 cm³/mol. The Labute approximate surface area is 167 Å². The number of hydrazine groups is 1. The van der Waals surface area contributed by atoms with Crippen molar-refractivity contribution in [3.8, 4) is 0 Å². The molecule has 1 heterocycles. The van der Waals surface area contributed by atoms with Gasteiger partial charge < -0.3 is 4.74 Å². The van der Waals surface area contributed by atoms with Crippen molar-refractivity contribution in [2.24, 2.45) is 0 Å². The third kappa shape index (κ3) is 4.54. The molecule has 1 aliphatic rings. The highest BCUT2D eigenvalue weighted by atomic mass is 32.2. The minimum absolute atomic E-state index is 0.00844. The second-order valence-corrected chi connectivity index (χ2v) is 8.15. The van der Waals surface area contributed by atoms with E-state index in [1.54, 1.807) is 12.1 Å². The van der Waals surface area contributed by atoms with Crippen LogP contribution in [0.25, 0.3) is 0 Å². The highest BCUT2D eigenvalue weighted by molar-refractivity contribution is 7.92. The van der Waals surface area contributed by atoms with Crippen molar-refractivity contribution >= 4 is 33.5 Å². The fourth-order valence-corrected chi connectivity index (χ4v) is 4.43. The van der Waals surface area contributed by atoms with E-state index in [0.717, 1.165) is 5.56 Å². The van der Waals surface area contributed by atoms with Crippen molar-refractivity contribution in [2.75, 3.05) is 17.5 Å². The van der Waals surface area contributed by atoms with Gasteiger partial charge in [-0.2, -0.15) is 0 Å². The Hall–Kier alpha value is -3.40. The van der Waals surface area contributed by atoms with Crippen LogP contribution in [0.3, 0.4) is 0 Å². The summed E-state index contributed by atoms with van der Waals surface area (Å²) in [5.74, 6) is -2.07. The average molecular weight is 417 g/mol. The molecule has 2 aromatic rings. The van der Waals surface area contributed by atoms with Crippen LogP contribution in [0.15, 0.2) is 53.4 Å². The number of nitrogens with one attached hydrogen (secondary N) is 2. The third-order valence-electron chi connectivity index (χ3n) is 4.21. The number of sulfonamides is 1. The van der Waals surface area contributed by atoms with Gasteiger partial charge in [-0.15, -0.1) is 0 Å². The number of nitrogens with zero attached hydrogens (tertiary/aromatic N) is 1. The van der Waals surface area contributed by atoms with Crippen molar-refractivity contribution < 1.29 is 27.5 Å². The molecule has 0 aliphatic carbocycles. The first-order valence-corrected chi connectivity index (χ1v) is 10.2. The van der Waals surface area contributed by atoms with Crippen LogP contribution in [0.4, 0.5) is 5.69 Å². The summed E-state index contributed by atoms with van der Waals surface area (Å²) in [4.78, 5) is 34.4. The van der Waals surface area contributed by atoms with E-state index >= 15 is 0 Å². The molecule has 0 unspecified atom stereocenters. The van der Waals surface area contributed by atoms with Gasteiger partial charge in [0.05, 0.1) is 16.1 Å². The zero-order valence-corrected chi connectivity index (χ0v) is 16.4. The van der Waals surface area contributed by atoms with E-state index in [9.17, 15) is 22.8 Å². The lowest BCUT2D eigenvalue weighted by atomic mass is 10.2. The van der Waals surface area contributed by atoms with E-state index in [4.69, 9.17) is 4.74 Å². The zero-order chi connectivity index (χ0) is 21.0. The summed E-state index contributed by atoms with van der Waals surface area (Å²) in [5, 5.41) is 0. The summed E-state index contributed by atoms with van der Waals surface area (Å²) in [5.41, 5.74) is 5.67. The van der Waals surface area contributed by atoms with E-state index in [0.29, 0.717) is 18.7 Å². The van der Waals surface area contributed by atoms with E-state index in [-0.39, 0.29) is 10.5 Å². The number of fused-ring (bicyclic) bond motifs is 1. The molecule has 0 saturated carbocycles. The fourth-order valence-electron chi connectivity index (χ4n) is 2.88. The molecule has 9 nitrogen and oxygen atoms in total. The number of para-hydroxylation sites is 1. The van der Waals surface area contributed by atoms with Crippen LogP contribution < -0.4 is 15.2 Å². The van der Waals surface area contributed by atoms with Crippen LogP contribution in [-0.4, -0.2) is 39.4 Å². The SMILES string of the molecule is CC(=O)NNC(=O)COC(=O)c1cccc(S(=O)(=O)N2CCc3ccccc32)c1. The smallest absolute Gasteiger partial charge is 0.338 e. The Morgan fingerprint density at radius 2 is 1.83 bits per heavy atom. The zero-order valence-electron chi connectivity index (χ0n) is 15.5. The number of esters is 1. The van der Waals surface area contributed by atoms with Gasteiger partial charge in [-0.05, 0) is 36.2 Å². The average Bonchev–Trinajstić information content (AvgIpc) is 3.15. The summed E-state index contributed by atoms with van der Waals surface area (Å²) in [6, 6.07) is 12.7. The van der Waals surface area contributed by atoms with Gasteiger partial charge in [0.15, 0.2) is 6.61 Å². The van der Waals surface area contributed by atoms with Gasteiger partial charge >= 0.3 is 5.97 Å². The summed E-state index contributed by atoms with van der Waals surface area (Å²) in [6.07, 6.45) is 0.612. The van der Waals surface area contributed by atoms with Crippen molar-refractivity contribution in [3.63, 3.8) is 0 Å².